The molecule has 1 fully saturated rings. The smallest absolute Gasteiger partial charge is 0.257 e. The van der Waals surface area contributed by atoms with Gasteiger partial charge in [-0.25, -0.2) is 4.39 Å². The van der Waals surface area contributed by atoms with Crippen molar-refractivity contribution in [3.8, 4) is 17.2 Å². The van der Waals surface area contributed by atoms with Gasteiger partial charge in [0.15, 0.2) is 5.82 Å². The van der Waals surface area contributed by atoms with Crippen LogP contribution in [0.15, 0.2) is 53.1 Å². The minimum Gasteiger partial charge on any atom is -0.497 e. The molecule has 7 heteroatoms. The first-order valence-electron chi connectivity index (χ1n) is 9.14. The van der Waals surface area contributed by atoms with Crippen LogP contribution in [0.1, 0.15) is 22.6 Å². The van der Waals surface area contributed by atoms with Crippen LogP contribution in [-0.4, -0.2) is 41.1 Å². The van der Waals surface area contributed by atoms with E-state index in [1.165, 1.54) is 12.1 Å². The Hall–Kier alpha value is -3.22. The maximum Gasteiger partial charge on any atom is 0.257 e. The monoisotopic (exact) mass is 381 g/mol. The van der Waals surface area contributed by atoms with Crippen LogP contribution >= 0.6 is 0 Å². The van der Waals surface area contributed by atoms with E-state index in [0.717, 1.165) is 12.2 Å². The van der Waals surface area contributed by atoms with Crippen molar-refractivity contribution in [2.24, 2.45) is 5.92 Å². The largest absolute Gasteiger partial charge is 0.497 e. The standard InChI is InChI=1S/C21H20FN3O3/c1-27-18-8-4-16(5-9-18)21(26)25-11-10-14(13-25)12-19-23-20(28-24-19)15-2-6-17(22)7-3-15/h2-9,14H,10-13H2,1H3. The number of carbonyl (C=O) groups is 1. The molecule has 0 saturated carbocycles. The number of likely N-dealkylation sites (tertiary alicyclic amines) is 1. The Labute approximate surface area is 161 Å². The molecule has 1 aliphatic heterocycles. The molecule has 1 unspecified atom stereocenters. The molecule has 1 atom stereocenters. The molecule has 0 radical (unpaired) electrons. The molecular weight excluding hydrogens is 361 g/mol. The molecule has 144 valence electrons. The molecule has 1 aromatic heterocycles. The number of hydrogen-bond donors (Lipinski definition) is 0. The summed E-state index contributed by atoms with van der Waals surface area (Å²) in [5.74, 6) is 1.69. The molecule has 2 aromatic carbocycles. The third kappa shape index (κ3) is 3.88. The number of hydrogen-bond acceptors (Lipinski definition) is 5. The molecule has 6 nitrogen and oxygen atoms in total. The van der Waals surface area contributed by atoms with Gasteiger partial charge in [-0.1, -0.05) is 5.16 Å². The molecule has 1 aliphatic rings. The van der Waals surface area contributed by atoms with Crippen LogP contribution in [0.3, 0.4) is 0 Å². The van der Waals surface area contributed by atoms with Gasteiger partial charge in [0, 0.05) is 30.6 Å². The van der Waals surface area contributed by atoms with Gasteiger partial charge >= 0.3 is 0 Å². The van der Waals surface area contributed by atoms with E-state index in [9.17, 15) is 9.18 Å². The number of carbonyl (C=O) groups excluding carboxylic acids is 1. The molecule has 0 aliphatic carbocycles. The van der Waals surface area contributed by atoms with Gasteiger partial charge in [-0.2, -0.15) is 4.98 Å². The lowest BCUT2D eigenvalue weighted by Crippen LogP contribution is -2.28. The summed E-state index contributed by atoms with van der Waals surface area (Å²) in [5.41, 5.74) is 1.34. The van der Waals surface area contributed by atoms with Crippen LogP contribution in [0, 0.1) is 11.7 Å². The molecule has 0 spiro atoms. The van der Waals surface area contributed by atoms with Crippen molar-refractivity contribution in [1.29, 1.82) is 0 Å². The summed E-state index contributed by atoms with van der Waals surface area (Å²) in [6, 6.07) is 13.1. The van der Waals surface area contributed by atoms with Gasteiger partial charge < -0.3 is 14.2 Å². The van der Waals surface area contributed by atoms with Crippen molar-refractivity contribution in [2.75, 3.05) is 20.2 Å². The predicted molar refractivity (Wildman–Crippen MR) is 100 cm³/mol. The predicted octanol–water partition coefficient (Wildman–Crippen LogP) is 3.59. The molecule has 3 aromatic rings. The van der Waals surface area contributed by atoms with Gasteiger partial charge in [0.2, 0.25) is 0 Å². The minimum absolute atomic E-state index is 0.0188. The number of amides is 1. The first kappa shape index (κ1) is 18.2. The summed E-state index contributed by atoms with van der Waals surface area (Å²) in [4.78, 5) is 18.9. The summed E-state index contributed by atoms with van der Waals surface area (Å²) < 4.78 is 23.5. The third-order valence-corrected chi connectivity index (χ3v) is 4.94. The number of methoxy groups -OCH3 is 1. The van der Waals surface area contributed by atoms with Crippen molar-refractivity contribution < 1.29 is 18.4 Å². The molecule has 0 bridgehead atoms. The van der Waals surface area contributed by atoms with Gasteiger partial charge in [0.1, 0.15) is 11.6 Å². The number of rotatable bonds is 5. The zero-order valence-corrected chi connectivity index (χ0v) is 15.5. The molecular formula is C21H20FN3O3. The average molecular weight is 381 g/mol. The maximum atomic E-state index is 13.0. The molecule has 2 heterocycles. The summed E-state index contributed by atoms with van der Waals surface area (Å²) in [6.07, 6.45) is 1.53. The Balaban J connectivity index is 1.37. The third-order valence-electron chi connectivity index (χ3n) is 4.94. The van der Waals surface area contributed by atoms with Crippen molar-refractivity contribution in [3.63, 3.8) is 0 Å². The van der Waals surface area contributed by atoms with E-state index in [4.69, 9.17) is 9.26 Å². The topological polar surface area (TPSA) is 68.5 Å². The fourth-order valence-corrected chi connectivity index (χ4v) is 3.40. The second-order valence-corrected chi connectivity index (χ2v) is 6.86. The fourth-order valence-electron chi connectivity index (χ4n) is 3.40. The van der Waals surface area contributed by atoms with Gasteiger partial charge in [0.25, 0.3) is 11.8 Å². The molecule has 0 N–H and O–H groups in total. The van der Waals surface area contributed by atoms with Gasteiger partial charge in [-0.15, -0.1) is 0 Å². The van der Waals surface area contributed by atoms with Crippen LogP contribution in [0.2, 0.25) is 0 Å². The SMILES string of the molecule is COc1ccc(C(=O)N2CCC(Cc3noc(-c4ccc(F)cc4)n3)C2)cc1. The first-order valence-corrected chi connectivity index (χ1v) is 9.14. The lowest BCUT2D eigenvalue weighted by Gasteiger charge is -2.16. The number of halogens is 1. The lowest BCUT2D eigenvalue weighted by atomic mass is 10.0. The Morgan fingerprint density at radius 3 is 2.68 bits per heavy atom. The van der Waals surface area contributed by atoms with Gasteiger partial charge in [0.05, 0.1) is 7.11 Å². The van der Waals surface area contributed by atoms with Crippen LogP contribution in [-0.2, 0) is 6.42 Å². The van der Waals surface area contributed by atoms with Crippen LogP contribution < -0.4 is 4.74 Å². The van der Waals surface area contributed by atoms with E-state index in [2.05, 4.69) is 10.1 Å². The van der Waals surface area contributed by atoms with Crippen LogP contribution in [0.4, 0.5) is 4.39 Å². The Bertz CT molecular complexity index is 954. The van der Waals surface area contributed by atoms with E-state index in [1.807, 2.05) is 4.90 Å². The summed E-state index contributed by atoms with van der Waals surface area (Å²) in [6.45, 7) is 1.36. The average Bonchev–Trinajstić information content (AvgIpc) is 3.38. The summed E-state index contributed by atoms with van der Waals surface area (Å²) in [7, 11) is 1.60. The van der Waals surface area contributed by atoms with E-state index in [-0.39, 0.29) is 17.6 Å². The second-order valence-electron chi connectivity index (χ2n) is 6.86. The van der Waals surface area contributed by atoms with E-state index >= 15 is 0 Å². The van der Waals surface area contributed by atoms with Gasteiger partial charge in [-0.3, -0.25) is 4.79 Å². The number of aromatic nitrogens is 2. The zero-order chi connectivity index (χ0) is 19.5. The number of benzene rings is 2. The normalized spacial score (nSPS) is 16.4. The highest BCUT2D eigenvalue weighted by Crippen LogP contribution is 2.24. The van der Waals surface area contributed by atoms with E-state index in [1.54, 1.807) is 43.5 Å². The molecule has 1 saturated heterocycles. The Morgan fingerprint density at radius 1 is 1.21 bits per heavy atom. The van der Waals surface area contributed by atoms with Crippen molar-refractivity contribution >= 4 is 5.91 Å². The highest BCUT2D eigenvalue weighted by atomic mass is 19.1. The zero-order valence-electron chi connectivity index (χ0n) is 15.5. The quantitative estimate of drug-likeness (QED) is 0.676. The van der Waals surface area contributed by atoms with E-state index in [0.29, 0.717) is 42.4 Å². The van der Waals surface area contributed by atoms with Crippen molar-refractivity contribution in [3.05, 3.63) is 65.7 Å². The molecule has 28 heavy (non-hydrogen) atoms. The molecule has 1 amide bonds. The summed E-state index contributed by atoms with van der Waals surface area (Å²) in [5, 5.41) is 4.03. The van der Waals surface area contributed by atoms with Crippen LogP contribution in [0.25, 0.3) is 11.5 Å². The molecule has 4 rings (SSSR count). The van der Waals surface area contributed by atoms with E-state index < -0.39 is 0 Å². The lowest BCUT2D eigenvalue weighted by molar-refractivity contribution is 0.0787. The first-order chi connectivity index (χ1) is 13.6. The van der Waals surface area contributed by atoms with Crippen molar-refractivity contribution in [2.45, 2.75) is 12.8 Å². The fraction of sp³-hybridized carbons (Fsp3) is 0.286. The second kappa shape index (κ2) is 7.80. The summed E-state index contributed by atoms with van der Waals surface area (Å²) >= 11 is 0. The maximum absolute atomic E-state index is 13.0. The minimum atomic E-state index is -0.309. The van der Waals surface area contributed by atoms with Crippen molar-refractivity contribution in [1.82, 2.24) is 15.0 Å². The van der Waals surface area contributed by atoms with Gasteiger partial charge in [-0.05, 0) is 60.9 Å². The Kier molecular flexibility index (Phi) is 5.06. The van der Waals surface area contributed by atoms with Crippen LogP contribution in [0.5, 0.6) is 5.75 Å². The number of nitrogens with zero attached hydrogens (tertiary/aromatic N) is 3. The Morgan fingerprint density at radius 2 is 1.96 bits per heavy atom. The number of ether oxygens (including phenoxy) is 1. The highest BCUT2D eigenvalue weighted by molar-refractivity contribution is 5.94. The highest BCUT2D eigenvalue weighted by Gasteiger charge is 2.28.